The molecule has 0 bridgehead atoms. The number of hydrogen-bond acceptors (Lipinski definition) is 2. The van der Waals surface area contributed by atoms with Crippen molar-refractivity contribution >= 4 is 11.9 Å². The monoisotopic (exact) mass is 168 g/mol. The number of aryl methyl sites for hydroxylation is 1. The van der Waals surface area contributed by atoms with Gasteiger partial charge in [-0.2, -0.15) is 0 Å². The summed E-state index contributed by atoms with van der Waals surface area (Å²) in [4.78, 5) is 0. The molecule has 2 heterocycles. The fourth-order valence-corrected chi connectivity index (χ4v) is 2.31. The first-order valence-corrected chi connectivity index (χ1v) is 4.86. The molecule has 1 aromatic rings. The Morgan fingerprint density at radius 1 is 1.64 bits per heavy atom. The molecule has 0 aromatic carbocycles. The summed E-state index contributed by atoms with van der Waals surface area (Å²) in [5.74, 6) is 0. The van der Waals surface area contributed by atoms with Crippen molar-refractivity contribution in [1.82, 2.24) is 4.57 Å². The molecule has 1 aliphatic rings. The molecule has 0 aliphatic carbocycles. The first kappa shape index (κ1) is 7.25. The van der Waals surface area contributed by atoms with Crippen LogP contribution in [-0.2, 0) is 6.54 Å². The summed E-state index contributed by atoms with van der Waals surface area (Å²) in [6, 6.07) is 4.27. The number of aromatic nitrogens is 1. The van der Waals surface area contributed by atoms with Gasteiger partial charge in [0, 0.05) is 18.4 Å². The number of nitrogens with two attached hydrogens (primary N) is 1. The Hall–Kier alpha value is -0.410. The van der Waals surface area contributed by atoms with Gasteiger partial charge in [-0.1, -0.05) is 11.9 Å². The van der Waals surface area contributed by atoms with Crippen molar-refractivity contribution in [2.24, 2.45) is 5.14 Å². The molecule has 1 atom stereocenters. The molecule has 3 heteroatoms. The lowest BCUT2D eigenvalue weighted by Gasteiger charge is -2.22. The lowest BCUT2D eigenvalue weighted by Crippen LogP contribution is -2.13. The van der Waals surface area contributed by atoms with E-state index in [-0.39, 0.29) is 0 Å². The summed E-state index contributed by atoms with van der Waals surface area (Å²) < 4.78 is 2.30. The van der Waals surface area contributed by atoms with Crippen LogP contribution in [-0.4, -0.2) is 4.57 Å². The van der Waals surface area contributed by atoms with E-state index in [9.17, 15) is 0 Å². The zero-order valence-corrected chi connectivity index (χ0v) is 7.18. The molecule has 1 aromatic heterocycles. The van der Waals surface area contributed by atoms with Crippen molar-refractivity contribution in [3.8, 4) is 0 Å². The van der Waals surface area contributed by atoms with E-state index in [0.717, 1.165) is 0 Å². The minimum absolute atomic E-state index is 0.527. The van der Waals surface area contributed by atoms with Crippen molar-refractivity contribution in [1.29, 1.82) is 0 Å². The van der Waals surface area contributed by atoms with Crippen LogP contribution < -0.4 is 5.14 Å². The van der Waals surface area contributed by atoms with Crippen LogP contribution in [0.3, 0.4) is 0 Å². The third kappa shape index (κ3) is 1.19. The van der Waals surface area contributed by atoms with Gasteiger partial charge >= 0.3 is 0 Å². The van der Waals surface area contributed by atoms with E-state index in [0.29, 0.717) is 5.25 Å². The second-order valence-corrected chi connectivity index (χ2v) is 3.73. The van der Waals surface area contributed by atoms with E-state index in [1.807, 2.05) is 0 Å². The van der Waals surface area contributed by atoms with Gasteiger partial charge in [0.1, 0.15) is 0 Å². The van der Waals surface area contributed by atoms with E-state index in [2.05, 4.69) is 22.9 Å². The summed E-state index contributed by atoms with van der Waals surface area (Å²) in [5, 5.41) is 6.11. The van der Waals surface area contributed by atoms with Crippen LogP contribution in [0, 0.1) is 0 Å². The van der Waals surface area contributed by atoms with Crippen molar-refractivity contribution in [3.05, 3.63) is 24.0 Å². The first-order chi connectivity index (χ1) is 5.42. The van der Waals surface area contributed by atoms with E-state index in [1.165, 1.54) is 37.0 Å². The van der Waals surface area contributed by atoms with Crippen LogP contribution in [0.1, 0.15) is 23.8 Å². The molecule has 60 valence electrons. The molecular formula is C8H12N2S. The van der Waals surface area contributed by atoms with Crippen molar-refractivity contribution in [2.75, 3.05) is 0 Å². The molecule has 0 fully saturated rings. The summed E-state index contributed by atoms with van der Waals surface area (Å²) in [6.07, 6.45) is 4.62. The van der Waals surface area contributed by atoms with Gasteiger partial charge in [0.05, 0.1) is 5.25 Å². The van der Waals surface area contributed by atoms with Crippen molar-refractivity contribution < 1.29 is 0 Å². The van der Waals surface area contributed by atoms with Crippen LogP contribution in [0.25, 0.3) is 0 Å². The number of nitrogens with zero attached hydrogens (tertiary/aromatic N) is 1. The maximum absolute atomic E-state index is 5.58. The van der Waals surface area contributed by atoms with Crippen molar-refractivity contribution in [2.45, 2.75) is 24.6 Å². The van der Waals surface area contributed by atoms with Gasteiger partial charge in [0.15, 0.2) is 0 Å². The van der Waals surface area contributed by atoms with Crippen LogP contribution in [0.4, 0.5) is 0 Å². The maximum Gasteiger partial charge on any atom is 0.0593 e. The molecule has 0 amide bonds. The minimum atomic E-state index is 0.527. The SMILES string of the molecule is NSC1CCCn2cccc21. The van der Waals surface area contributed by atoms with E-state index < -0.39 is 0 Å². The highest BCUT2D eigenvalue weighted by Crippen LogP contribution is 2.33. The molecule has 0 saturated heterocycles. The summed E-state index contributed by atoms with van der Waals surface area (Å²) in [6.45, 7) is 1.17. The standard InChI is InChI=1S/C8H12N2S/c9-11-8-4-2-6-10-5-1-3-7(8)10/h1,3,5,8H,2,4,6,9H2. The zero-order chi connectivity index (χ0) is 7.68. The molecular weight excluding hydrogens is 156 g/mol. The van der Waals surface area contributed by atoms with E-state index in [1.54, 1.807) is 0 Å². The smallest absolute Gasteiger partial charge is 0.0593 e. The Balaban J connectivity index is 2.32. The first-order valence-electron chi connectivity index (χ1n) is 3.92. The third-order valence-corrected chi connectivity index (χ3v) is 3.03. The Bertz CT molecular complexity index is 244. The third-order valence-electron chi connectivity index (χ3n) is 2.22. The quantitative estimate of drug-likeness (QED) is 0.650. The fraction of sp³-hybridized carbons (Fsp3) is 0.500. The van der Waals surface area contributed by atoms with Gasteiger partial charge in [0.25, 0.3) is 0 Å². The summed E-state index contributed by atoms with van der Waals surface area (Å²) in [7, 11) is 0. The molecule has 0 radical (unpaired) electrons. The molecule has 2 N–H and O–H groups in total. The highest BCUT2D eigenvalue weighted by Gasteiger charge is 2.18. The Morgan fingerprint density at radius 3 is 3.36 bits per heavy atom. The lowest BCUT2D eigenvalue weighted by molar-refractivity contribution is 0.526. The predicted octanol–water partition coefficient (Wildman–Crippen LogP) is 1.93. The van der Waals surface area contributed by atoms with Crippen LogP contribution >= 0.6 is 11.9 Å². The molecule has 2 rings (SSSR count). The van der Waals surface area contributed by atoms with Crippen LogP contribution in [0.15, 0.2) is 18.3 Å². The van der Waals surface area contributed by atoms with Gasteiger partial charge in [-0.05, 0) is 25.0 Å². The van der Waals surface area contributed by atoms with Crippen LogP contribution in [0.2, 0.25) is 0 Å². The van der Waals surface area contributed by atoms with Gasteiger partial charge in [-0.25, -0.2) is 0 Å². The largest absolute Gasteiger partial charge is 0.350 e. The average Bonchev–Trinajstić information content (AvgIpc) is 2.50. The number of fused-ring (bicyclic) bond motifs is 1. The summed E-state index contributed by atoms with van der Waals surface area (Å²) >= 11 is 1.47. The molecule has 11 heavy (non-hydrogen) atoms. The lowest BCUT2D eigenvalue weighted by atomic mass is 10.1. The second-order valence-electron chi connectivity index (χ2n) is 2.89. The molecule has 0 spiro atoms. The Morgan fingerprint density at radius 2 is 2.55 bits per heavy atom. The van der Waals surface area contributed by atoms with Crippen LogP contribution in [0.5, 0.6) is 0 Å². The molecule has 2 nitrogen and oxygen atoms in total. The highest BCUT2D eigenvalue weighted by atomic mass is 32.2. The van der Waals surface area contributed by atoms with E-state index in [4.69, 9.17) is 5.14 Å². The molecule has 0 saturated carbocycles. The summed E-state index contributed by atoms with van der Waals surface area (Å²) in [5.41, 5.74) is 1.39. The fourth-order valence-electron chi connectivity index (χ4n) is 1.66. The van der Waals surface area contributed by atoms with Gasteiger partial charge in [-0.15, -0.1) is 0 Å². The second kappa shape index (κ2) is 2.91. The highest BCUT2D eigenvalue weighted by molar-refractivity contribution is 7.97. The number of rotatable bonds is 1. The van der Waals surface area contributed by atoms with Crippen molar-refractivity contribution in [3.63, 3.8) is 0 Å². The Labute approximate surface area is 70.9 Å². The van der Waals surface area contributed by atoms with Gasteiger partial charge in [0.2, 0.25) is 0 Å². The predicted molar refractivity (Wildman–Crippen MR) is 48.2 cm³/mol. The zero-order valence-electron chi connectivity index (χ0n) is 6.36. The van der Waals surface area contributed by atoms with Gasteiger partial charge in [-0.3, -0.25) is 5.14 Å². The minimum Gasteiger partial charge on any atom is -0.350 e. The maximum atomic E-state index is 5.58. The topological polar surface area (TPSA) is 30.9 Å². The normalized spacial score (nSPS) is 23.2. The average molecular weight is 168 g/mol. The number of hydrogen-bond donors (Lipinski definition) is 1. The Kier molecular flexibility index (Phi) is 1.92. The molecule has 1 aliphatic heterocycles. The van der Waals surface area contributed by atoms with Gasteiger partial charge < -0.3 is 4.57 Å². The van der Waals surface area contributed by atoms with E-state index >= 15 is 0 Å². The molecule has 1 unspecified atom stereocenters.